The van der Waals surface area contributed by atoms with E-state index in [0.717, 1.165) is 6.42 Å². The monoisotopic (exact) mass is 534 g/mol. The number of hydrogen-bond acceptors (Lipinski definition) is 2. The molecule has 0 bridgehead atoms. The lowest BCUT2D eigenvalue weighted by Gasteiger charge is -2.48. The van der Waals surface area contributed by atoms with Crippen LogP contribution in [-0.4, -0.2) is 6.71 Å². The van der Waals surface area contributed by atoms with E-state index in [0.29, 0.717) is 5.92 Å². The number of fused-ring (bicyclic) bond motifs is 4. The summed E-state index contributed by atoms with van der Waals surface area (Å²) in [5.41, 5.74) is 13.3. The van der Waals surface area contributed by atoms with Crippen molar-refractivity contribution in [1.29, 1.82) is 0 Å². The molecule has 0 N–H and O–H groups in total. The molecule has 4 aromatic carbocycles. The minimum absolute atomic E-state index is 0.132. The minimum Gasteiger partial charge on any atom is -0.312 e. The zero-order chi connectivity index (χ0) is 28.1. The molecular formula is C38H39BN2. The average molecular weight is 535 g/mol. The van der Waals surface area contributed by atoms with Crippen LogP contribution in [0.1, 0.15) is 52.0 Å². The van der Waals surface area contributed by atoms with E-state index < -0.39 is 0 Å². The number of nitrogens with zero attached hydrogens (tertiary/aromatic N) is 2. The standard InChI is InChI=1S/C38H39BN2/c1-5-14-28(6-2)38(4)24-23-32-36(26-38)41(30-17-11-8-12-18-30)34-20-13-19-33-37(34)39(32)31-22-21-27(3)25-35(31)40(33)29-15-9-7-10-16-29/h7-13,15-23,25-26,28H,5-6,14,24H2,1-4H3. The van der Waals surface area contributed by atoms with Crippen molar-refractivity contribution < 1.29 is 0 Å². The Hall–Kier alpha value is -3.98. The van der Waals surface area contributed by atoms with Gasteiger partial charge < -0.3 is 9.80 Å². The fourth-order valence-corrected chi connectivity index (χ4v) is 7.75. The molecular weight excluding hydrogens is 495 g/mol. The first kappa shape index (κ1) is 26.0. The van der Waals surface area contributed by atoms with Crippen LogP contribution in [0.4, 0.5) is 28.4 Å². The molecule has 2 nitrogen and oxygen atoms in total. The van der Waals surface area contributed by atoms with Gasteiger partial charge in [-0.1, -0.05) is 100 Å². The number of rotatable bonds is 6. The Morgan fingerprint density at radius 3 is 2.10 bits per heavy atom. The molecule has 204 valence electrons. The van der Waals surface area contributed by atoms with E-state index in [2.05, 4.69) is 147 Å². The van der Waals surface area contributed by atoms with E-state index in [9.17, 15) is 0 Å². The van der Waals surface area contributed by atoms with E-state index in [1.54, 1.807) is 0 Å². The molecule has 41 heavy (non-hydrogen) atoms. The summed E-state index contributed by atoms with van der Waals surface area (Å²) in [6.07, 6.45) is 10.1. The van der Waals surface area contributed by atoms with E-state index >= 15 is 0 Å². The second-order valence-electron chi connectivity index (χ2n) is 12.3. The van der Waals surface area contributed by atoms with E-state index in [1.807, 2.05) is 0 Å². The Labute approximate surface area is 246 Å². The summed E-state index contributed by atoms with van der Waals surface area (Å²) in [7, 11) is 0. The summed E-state index contributed by atoms with van der Waals surface area (Å²) in [6, 6.07) is 35.8. The third-order valence-electron chi connectivity index (χ3n) is 9.74. The maximum Gasteiger partial charge on any atom is 0.251 e. The van der Waals surface area contributed by atoms with Gasteiger partial charge in [0.1, 0.15) is 0 Å². The van der Waals surface area contributed by atoms with Crippen molar-refractivity contribution in [1.82, 2.24) is 0 Å². The van der Waals surface area contributed by atoms with Crippen LogP contribution in [0.2, 0.25) is 0 Å². The van der Waals surface area contributed by atoms with Crippen LogP contribution >= 0.6 is 0 Å². The summed E-state index contributed by atoms with van der Waals surface area (Å²) in [6.45, 7) is 9.62. The molecule has 3 heteroatoms. The van der Waals surface area contributed by atoms with Crippen LogP contribution in [0.25, 0.3) is 0 Å². The van der Waals surface area contributed by atoms with Gasteiger partial charge in [0, 0.05) is 34.1 Å². The van der Waals surface area contributed by atoms with Crippen LogP contribution in [0.3, 0.4) is 0 Å². The van der Waals surface area contributed by atoms with E-state index in [-0.39, 0.29) is 12.1 Å². The van der Waals surface area contributed by atoms with Crippen LogP contribution in [0, 0.1) is 18.3 Å². The largest absolute Gasteiger partial charge is 0.312 e. The first-order valence-corrected chi connectivity index (χ1v) is 15.4. The Morgan fingerprint density at radius 2 is 1.44 bits per heavy atom. The molecule has 7 rings (SSSR count). The van der Waals surface area contributed by atoms with Crippen LogP contribution in [0.15, 0.2) is 120 Å². The number of aryl methyl sites for hydroxylation is 1. The number of benzene rings is 4. The topological polar surface area (TPSA) is 6.48 Å². The van der Waals surface area contributed by atoms with Crippen molar-refractivity contribution in [2.75, 3.05) is 9.80 Å². The molecule has 0 saturated heterocycles. The van der Waals surface area contributed by atoms with Crippen molar-refractivity contribution >= 4 is 46.1 Å². The van der Waals surface area contributed by atoms with Crippen LogP contribution < -0.4 is 20.7 Å². The highest BCUT2D eigenvalue weighted by Crippen LogP contribution is 2.50. The molecule has 0 aromatic heterocycles. The predicted molar refractivity (Wildman–Crippen MR) is 177 cm³/mol. The fraction of sp³-hybridized carbons (Fsp3) is 0.263. The summed E-state index contributed by atoms with van der Waals surface area (Å²) in [4.78, 5) is 5.04. The smallest absolute Gasteiger partial charge is 0.251 e. The van der Waals surface area contributed by atoms with Crippen molar-refractivity contribution in [3.05, 3.63) is 126 Å². The van der Waals surface area contributed by atoms with E-state index in [1.165, 1.54) is 75.4 Å². The average Bonchev–Trinajstić information content (AvgIpc) is 3.00. The normalized spacial score (nSPS) is 19.6. The lowest BCUT2D eigenvalue weighted by Crippen LogP contribution is -2.57. The van der Waals surface area contributed by atoms with Crippen LogP contribution in [0.5, 0.6) is 0 Å². The first-order valence-electron chi connectivity index (χ1n) is 15.4. The number of allylic oxidation sites excluding steroid dienone is 3. The van der Waals surface area contributed by atoms with Crippen LogP contribution in [-0.2, 0) is 0 Å². The van der Waals surface area contributed by atoms with Gasteiger partial charge in [0.2, 0.25) is 0 Å². The maximum absolute atomic E-state index is 2.66. The molecule has 2 unspecified atom stereocenters. The Bertz CT molecular complexity index is 1650. The molecule has 0 radical (unpaired) electrons. The molecule has 2 heterocycles. The molecule has 3 aliphatic rings. The van der Waals surface area contributed by atoms with Gasteiger partial charge >= 0.3 is 0 Å². The van der Waals surface area contributed by atoms with Crippen molar-refractivity contribution in [3.8, 4) is 0 Å². The highest BCUT2D eigenvalue weighted by molar-refractivity contribution is 6.96. The molecule has 2 aliphatic heterocycles. The molecule has 0 saturated carbocycles. The maximum atomic E-state index is 2.66. The summed E-state index contributed by atoms with van der Waals surface area (Å²) in [5.74, 6) is 0.665. The Kier molecular flexibility index (Phi) is 6.42. The minimum atomic E-state index is 0.132. The molecule has 0 fully saturated rings. The zero-order valence-electron chi connectivity index (χ0n) is 24.8. The van der Waals surface area contributed by atoms with Crippen molar-refractivity contribution in [2.24, 2.45) is 11.3 Å². The number of hydrogen-bond donors (Lipinski definition) is 0. The zero-order valence-corrected chi connectivity index (χ0v) is 24.8. The summed E-state index contributed by atoms with van der Waals surface area (Å²) in [5, 5.41) is 0. The van der Waals surface area contributed by atoms with Crippen molar-refractivity contribution in [2.45, 2.75) is 53.4 Å². The van der Waals surface area contributed by atoms with Crippen molar-refractivity contribution in [3.63, 3.8) is 0 Å². The quantitative estimate of drug-likeness (QED) is 0.228. The predicted octanol–water partition coefficient (Wildman–Crippen LogP) is 9.12. The van der Waals surface area contributed by atoms with Gasteiger partial charge in [-0.3, -0.25) is 0 Å². The third kappa shape index (κ3) is 4.09. The highest BCUT2D eigenvalue weighted by atomic mass is 15.2. The number of para-hydroxylation sites is 2. The number of anilines is 5. The SMILES string of the molecule is CCCC(CC)C1(C)C=C2C(=CC1)B1c3ccc(C)cc3N(c3ccccc3)c3cccc(c31)N2c1ccccc1. The molecule has 0 spiro atoms. The van der Waals surface area contributed by atoms with Gasteiger partial charge in [-0.05, 0) is 95.5 Å². The second-order valence-corrected chi connectivity index (χ2v) is 12.3. The summed E-state index contributed by atoms with van der Waals surface area (Å²) >= 11 is 0. The van der Waals surface area contributed by atoms with Gasteiger partial charge in [0.25, 0.3) is 6.71 Å². The van der Waals surface area contributed by atoms with Gasteiger partial charge in [0.15, 0.2) is 0 Å². The Balaban J connectivity index is 1.52. The van der Waals surface area contributed by atoms with Gasteiger partial charge in [-0.15, -0.1) is 0 Å². The van der Waals surface area contributed by atoms with E-state index in [4.69, 9.17) is 0 Å². The second kappa shape index (κ2) is 10.1. The lowest BCUT2D eigenvalue weighted by atomic mass is 9.31. The molecule has 4 aromatic rings. The lowest BCUT2D eigenvalue weighted by molar-refractivity contribution is 0.229. The highest BCUT2D eigenvalue weighted by Gasteiger charge is 2.47. The molecule has 0 amide bonds. The third-order valence-corrected chi connectivity index (χ3v) is 9.74. The van der Waals surface area contributed by atoms with Gasteiger partial charge in [0.05, 0.1) is 0 Å². The fourth-order valence-electron chi connectivity index (χ4n) is 7.75. The Morgan fingerprint density at radius 1 is 0.780 bits per heavy atom. The molecule has 1 aliphatic carbocycles. The van der Waals surface area contributed by atoms with Gasteiger partial charge in [-0.25, -0.2) is 0 Å². The first-order chi connectivity index (χ1) is 20.0. The van der Waals surface area contributed by atoms with Gasteiger partial charge in [-0.2, -0.15) is 0 Å². The summed E-state index contributed by atoms with van der Waals surface area (Å²) < 4.78 is 0. The molecule has 2 atom stereocenters.